The molecular formula is C62H114O12. The van der Waals surface area contributed by atoms with Crippen LogP contribution in [0.1, 0.15) is 216 Å². The van der Waals surface area contributed by atoms with Gasteiger partial charge in [-0.1, -0.05) is 41.5 Å². The number of rotatable bonds is 31. The molecule has 0 aromatic carbocycles. The molecular weight excluding hydrogens is 937 g/mol. The van der Waals surface area contributed by atoms with E-state index in [4.69, 9.17) is 48.1 Å². The van der Waals surface area contributed by atoms with E-state index in [-0.39, 0.29) is 37.4 Å². The van der Waals surface area contributed by atoms with E-state index >= 15 is 0 Å². The fourth-order valence-corrected chi connectivity index (χ4v) is 15.5. The van der Waals surface area contributed by atoms with Crippen molar-refractivity contribution in [3.05, 3.63) is 0 Å². The van der Waals surface area contributed by atoms with Crippen LogP contribution in [0, 0.1) is 51.8 Å². The van der Waals surface area contributed by atoms with Crippen LogP contribution in [-0.4, -0.2) is 148 Å². The van der Waals surface area contributed by atoms with Crippen molar-refractivity contribution in [2.24, 2.45) is 51.8 Å². The molecule has 4 N–H and O–H groups in total. The first-order chi connectivity index (χ1) is 35.4. The third kappa shape index (κ3) is 19.7. The maximum absolute atomic E-state index is 11.0. The molecule has 0 spiro atoms. The van der Waals surface area contributed by atoms with Gasteiger partial charge in [-0.3, -0.25) is 0 Å². The third-order valence-electron chi connectivity index (χ3n) is 20.8. The molecule has 2 atom stereocenters. The lowest BCUT2D eigenvalue weighted by molar-refractivity contribution is -0.102. The van der Waals surface area contributed by atoms with E-state index in [1.54, 1.807) is 0 Å². The average Bonchev–Trinajstić information content (AvgIpc) is 3.40. The minimum Gasteiger partial charge on any atom is -0.394 e. The Balaban J connectivity index is 0.743. The Kier molecular flexibility index (Phi) is 26.2. The van der Waals surface area contributed by atoms with Gasteiger partial charge in [0.05, 0.1) is 121 Å². The quantitative estimate of drug-likeness (QED) is 0.0489. The van der Waals surface area contributed by atoms with Gasteiger partial charge in [-0.15, -0.1) is 0 Å². The summed E-state index contributed by atoms with van der Waals surface area (Å²) in [5.74, 6) is 4.30. The molecule has 0 bridgehead atoms. The molecule has 0 aromatic rings. The molecule has 12 heteroatoms. The zero-order valence-electron chi connectivity index (χ0n) is 48.6. The maximum atomic E-state index is 11.0. The van der Waals surface area contributed by atoms with Gasteiger partial charge in [-0.2, -0.15) is 0 Å². The largest absolute Gasteiger partial charge is 0.394 e. The summed E-state index contributed by atoms with van der Waals surface area (Å²) >= 11 is 0. The van der Waals surface area contributed by atoms with Crippen LogP contribution in [0.2, 0.25) is 0 Å². The highest BCUT2D eigenvalue weighted by Gasteiger charge is 2.44. The summed E-state index contributed by atoms with van der Waals surface area (Å²) in [4.78, 5) is 0. The lowest BCUT2D eigenvalue weighted by Gasteiger charge is -2.46. The molecule has 0 aromatic heterocycles. The monoisotopic (exact) mass is 1050 g/mol. The van der Waals surface area contributed by atoms with Crippen LogP contribution < -0.4 is 0 Å². The van der Waals surface area contributed by atoms with Crippen LogP contribution in [0.15, 0.2) is 0 Å². The van der Waals surface area contributed by atoms with Gasteiger partial charge >= 0.3 is 0 Å². The van der Waals surface area contributed by atoms with Crippen LogP contribution >= 0.6 is 0 Å². The second-order valence-corrected chi connectivity index (χ2v) is 27.1. The Bertz CT molecular complexity index is 1480. The second kappa shape index (κ2) is 30.9. The molecule has 6 aliphatic carbocycles. The minimum absolute atomic E-state index is 0.112. The van der Waals surface area contributed by atoms with Gasteiger partial charge < -0.3 is 58.3 Å². The standard InChI is InChI=1S/C62H114O12/c1-59(2,74-40-39-71-56-27-15-48(16-28-56)61(5,6)46-11-23-54(24-12-46)69-36-34-64)41-51(65)43-72-57-29-17-49(18-30-57)62(7,8)50-19-31-58(32-20-50)73-44-52(66)42-67-37-38-70-55-25-13-47(14-26-55)60(3,4)45-9-21-53(22-10-45)68-35-33-63/h45-58,63-66H,9-44H2,1-8H3. The van der Waals surface area contributed by atoms with Gasteiger partial charge in [0.2, 0.25) is 0 Å². The molecule has 6 rings (SSSR count). The van der Waals surface area contributed by atoms with E-state index in [1.807, 2.05) is 0 Å². The van der Waals surface area contributed by atoms with Crippen LogP contribution in [-0.2, 0) is 37.9 Å². The highest BCUT2D eigenvalue weighted by atomic mass is 16.5. The van der Waals surface area contributed by atoms with Gasteiger partial charge in [0.25, 0.3) is 0 Å². The molecule has 0 aliphatic heterocycles. The Hall–Kier alpha value is -0.480. The summed E-state index contributed by atoms with van der Waals surface area (Å²) in [6.45, 7) is 23.4. The third-order valence-corrected chi connectivity index (χ3v) is 20.8. The molecule has 0 saturated heterocycles. The van der Waals surface area contributed by atoms with E-state index in [1.165, 1.54) is 77.0 Å². The molecule has 0 heterocycles. The minimum atomic E-state index is -0.623. The molecule has 12 nitrogen and oxygen atoms in total. The van der Waals surface area contributed by atoms with E-state index in [0.717, 1.165) is 101 Å². The fraction of sp³-hybridized carbons (Fsp3) is 1.00. The molecule has 6 saturated carbocycles. The molecule has 6 fully saturated rings. The smallest absolute Gasteiger partial charge is 0.101 e. The van der Waals surface area contributed by atoms with Gasteiger partial charge in [0, 0.05) is 6.42 Å². The van der Waals surface area contributed by atoms with Crippen LogP contribution in [0.4, 0.5) is 0 Å². The Morgan fingerprint density at radius 1 is 0.324 bits per heavy atom. The molecule has 74 heavy (non-hydrogen) atoms. The van der Waals surface area contributed by atoms with Crippen molar-refractivity contribution in [2.45, 2.75) is 270 Å². The molecule has 0 radical (unpaired) electrons. The first-order valence-corrected chi connectivity index (χ1v) is 30.9. The maximum Gasteiger partial charge on any atom is 0.101 e. The number of hydrogen-bond donors (Lipinski definition) is 4. The highest BCUT2D eigenvalue weighted by Crippen LogP contribution is 2.52. The Morgan fingerprint density at radius 2 is 0.595 bits per heavy atom. The van der Waals surface area contributed by atoms with Gasteiger partial charge in [-0.25, -0.2) is 0 Å². The van der Waals surface area contributed by atoms with Crippen molar-refractivity contribution in [3.63, 3.8) is 0 Å². The fourth-order valence-electron chi connectivity index (χ4n) is 15.5. The Labute approximate surface area is 451 Å². The second-order valence-electron chi connectivity index (χ2n) is 27.1. The van der Waals surface area contributed by atoms with E-state index in [9.17, 15) is 10.2 Å². The van der Waals surface area contributed by atoms with Crippen molar-refractivity contribution in [2.75, 3.05) is 72.7 Å². The lowest BCUT2D eigenvalue weighted by Crippen LogP contribution is -2.40. The zero-order valence-corrected chi connectivity index (χ0v) is 48.6. The van der Waals surface area contributed by atoms with Crippen molar-refractivity contribution >= 4 is 0 Å². The summed E-state index contributed by atoms with van der Waals surface area (Å²) in [6, 6.07) is 0. The topological polar surface area (TPSA) is 155 Å². The van der Waals surface area contributed by atoms with Crippen molar-refractivity contribution in [1.82, 2.24) is 0 Å². The molecule has 6 aliphatic rings. The lowest BCUT2D eigenvalue weighted by atomic mass is 9.60. The van der Waals surface area contributed by atoms with Gasteiger partial charge in [0.1, 0.15) is 6.10 Å². The highest BCUT2D eigenvalue weighted by molar-refractivity contribution is 4.94. The van der Waals surface area contributed by atoms with E-state index in [0.29, 0.717) is 106 Å². The summed E-state index contributed by atoms with van der Waals surface area (Å²) in [6.07, 6.45) is 28.6. The zero-order chi connectivity index (χ0) is 53.2. The first-order valence-electron chi connectivity index (χ1n) is 30.9. The number of ether oxygens (including phenoxy) is 8. The molecule has 2 unspecified atom stereocenters. The number of aliphatic hydroxyl groups excluding tert-OH is 4. The van der Waals surface area contributed by atoms with E-state index < -0.39 is 17.8 Å². The van der Waals surface area contributed by atoms with Crippen molar-refractivity contribution in [3.8, 4) is 0 Å². The summed E-state index contributed by atoms with van der Waals surface area (Å²) in [5, 5.41) is 39.9. The van der Waals surface area contributed by atoms with Crippen molar-refractivity contribution in [1.29, 1.82) is 0 Å². The van der Waals surface area contributed by atoms with E-state index in [2.05, 4.69) is 55.4 Å². The van der Waals surface area contributed by atoms with Crippen LogP contribution in [0.25, 0.3) is 0 Å². The summed E-state index contributed by atoms with van der Waals surface area (Å²) in [7, 11) is 0. The van der Waals surface area contributed by atoms with Crippen molar-refractivity contribution < 1.29 is 58.3 Å². The average molecular weight is 1050 g/mol. The normalized spacial score (nSPS) is 33.1. The Morgan fingerprint density at radius 3 is 0.905 bits per heavy atom. The van der Waals surface area contributed by atoms with Gasteiger partial charge in [0.15, 0.2) is 0 Å². The van der Waals surface area contributed by atoms with Gasteiger partial charge in [-0.05, 0) is 220 Å². The number of aliphatic hydroxyl groups is 4. The van der Waals surface area contributed by atoms with Crippen LogP contribution in [0.5, 0.6) is 0 Å². The SMILES string of the molecule is CC(C)(CC(O)COC1CCC(C(C)(C)C2CCC(OCC(O)COCCOC3CCC(C(C)(C)C4CCC(OCCO)CC4)CC3)CC2)CC1)OCCOC1CCC(C(C)(C)C2CCC(OCCO)CC2)CC1. The summed E-state index contributed by atoms with van der Waals surface area (Å²) in [5.41, 5.74) is 0.472. The summed E-state index contributed by atoms with van der Waals surface area (Å²) < 4.78 is 48.9. The van der Waals surface area contributed by atoms with Crippen LogP contribution in [0.3, 0.4) is 0 Å². The molecule has 0 amide bonds. The number of hydrogen-bond acceptors (Lipinski definition) is 12. The molecule has 434 valence electrons. The predicted octanol–water partition coefficient (Wildman–Crippen LogP) is 11.4. The first kappa shape index (κ1) is 62.7. The predicted molar refractivity (Wildman–Crippen MR) is 293 cm³/mol.